The molecule has 0 amide bonds. The zero-order chi connectivity index (χ0) is 28.8. The van der Waals surface area contributed by atoms with Gasteiger partial charge in [0.1, 0.15) is 0 Å². The number of benzene rings is 8. The van der Waals surface area contributed by atoms with Crippen LogP contribution in [0.2, 0.25) is 0 Å². The molecule has 0 N–H and O–H groups in total. The normalized spacial score (nSPS) is 12.1. The Balaban J connectivity index is 1.45. The summed E-state index contributed by atoms with van der Waals surface area (Å²) in [7, 11) is 0. The van der Waals surface area contributed by atoms with Crippen LogP contribution in [0.4, 0.5) is 0 Å². The predicted octanol–water partition coefficient (Wildman–Crippen LogP) is 13.2. The first-order valence-corrected chi connectivity index (χ1v) is 16.7. The van der Waals surface area contributed by atoms with Gasteiger partial charge in [0.05, 0.1) is 0 Å². The summed E-state index contributed by atoms with van der Waals surface area (Å²) in [6.45, 7) is 0. The summed E-state index contributed by atoms with van der Waals surface area (Å²) in [6.07, 6.45) is 0. The molecule has 0 spiro atoms. The van der Waals surface area contributed by atoms with Crippen LogP contribution in [0, 0.1) is 0 Å². The third-order valence-corrected chi connectivity index (χ3v) is 11.6. The minimum atomic E-state index is 1.25. The molecule has 10 aromatic rings. The van der Waals surface area contributed by atoms with E-state index in [9.17, 15) is 0 Å². The van der Waals surface area contributed by atoms with Crippen LogP contribution in [0.25, 0.3) is 94.9 Å². The lowest BCUT2D eigenvalue weighted by Crippen LogP contribution is -1.91. The molecule has 2 aromatic heterocycles. The van der Waals surface area contributed by atoms with Crippen LogP contribution in [0.1, 0.15) is 0 Å². The lowest BCUT2D eigenvalue weighted by atomic mass is 9.85. The molecule has 0 atom stereocenters. The Bertz CT molecular complexity index is 2700. The van der Waals surface area contributed by atoms with Crippen molar-refractivity contribution in [2.24, 2.45) is 0 Å². The van der Waals surface area contributed by atoms with Crippen LogP contribution in [0.3, 0.4) is 0 Å². The molecule has 0 nitrogen and oxygen atoms in total. The van der Waals surface area contributed by atoms with Gasteiger partial charge in [0, 0.05) is 51.3 Å². The number of hydrogen-bond donors (Lipinski definition) is 0. The molecular formula is C42H24S2. The van der Waals surface area contributed by atoms with E-state index in [2.05, 4.69) is 146 Å². The van der Waals surface area contributed by atoms with E-state index in [-0.39, 0.29) is 0 Å². The van der Waals surface area contributed by atoms with Crippen molar-refractivity contribution in [2.45, 2.75) is 0 Å². The van der Waals surface area contributed by atoms with Crippen molar-refractivity contribution in [3.05, 3.63) is 146 Å². The third kappa shape index (κ3) is 3.33. The SMILES string of the molecule is c1ccc(-c2c3ccccc3c(-c3cc4ccc5sc6ccccc6c5c4c4c3sc3ccccc34)c3ccccc23)cc1. The van der Waals surface area contributed by atoms with Crippen molar-refractivity contribution in [2.75, 3.05) is 0 Å². The van der Waals surface area contributed by atoms with Crippen LogP contribution in [-0.4, -0.2) is 0 Å². The topological polar surface area (TPSA) is 0 Å². The second-order valence-electron chi connectivity index (χ2n) is 11.6. The fourth-order valence-corrected chi connectivity index (χ4v) is 9.79. The highest BCUT2D eigenvalue weighted by Crippen LogP contribution is 2.51. The first-order valence-electron chi connectivity index (χ1n) is 15.0. The number of thiophene rings is 2. The Morgan fingerprint density at radius 1 is 0.341 bits per heavy atom. The second-order valence-corrected chi connectivity index (χ2v) is 13.7. The lowest BCUT2D eigenvalue weighted by molar-refractivity contribution is 1.67. The van der Waals surface area contributed by atoms with Crippen molar-refractivity contribution >= 4 is 95.3 Å². The predicted molar refractivity (Wildman–Crippen MR) is 196 cm³/mol. The van der Waals surface area contributed by atoms with Gasteiger partial charge in [0.25, 0.3) is 0 Å². The highest BCUT2D eigenvalue weighted by molar-refractivity contribution is 7.27. The van der Waals surface area contributed by atoms with Gasteiger partial charge >= 0.3 is 0 Å². The van der Waals surface area contributed by atoms with E-state index in [0.29, 0.717) is 0 Å². The van der Waals surface area contributed by atoms with Crippen LogP contribution in [0.5, 0.6) is 0 Å². The minimum absolute atomic E-state index is 1.25. The largest absolute Gasteiger partial charge is 0.135 e. The van der Waals surface area contributed by atoms with Crippen molar-refractivity contribution in [1.82, 2.24) is 0 Å². The Kier molecular flexibility index (Phi) is 5.13. The average Bonchev–Trinajstić information content (AvgIpc) is 3.66. The molecule has 0 aliphatic carbocycles. The standard InChI is InChI=1S/C42H24S2/c1-2-12-25(13-3-1)37-27-14-4-6-16-29(27)39(30-17-7-5-15-28(30)37)33-24-26-22-23-36-40(31-18-8-10-20-34(31)43-36)38(26)41-32-19-9-11-21-35(32)44-42(33)41/h1-24H. The molecule has 2 heteroatoms. The zero-order valence-corrected chi connectivity index (χ0v) is 25.3. The Hall–Kier alpha value is -5.02. The molecule has 204 valence electrons. The zero-order valence-electron chi connectivity index (χ0n) is 23.7. The molecule has 44 heavy (non-hydrogen) atoms. The van der Waals surface area contributed by atoms with Gasteiger partial charge < -0.3 is 0 Å². The summed E-state index contributed by atoms with van der Waals surface area (Å²) in [5.74, 6) is 0. The maximum atomic E-state index is 2.48. The number of hydrogen-bond acceptors (Lipinski definition) is 2. The highest BCUT2D eigenvalue weighted by atomic mass is 32.1. The summed E-state index contributed by atoms with van der Waals surface area (Å²) in [5, 5.41) is 13.3. The van der Waals surface area contributed by atoms with Gasteiger partial charge in [0.15, 0.2) is 0 Å². The van der Waals surface area contributed by atoms with E-state index in [4.69, 9.17) is 0 Å². The average molecular weight is 593 g/mol. The summed E-state index contributed by atoms with van der Waals surface area (Å²) in [6, 6.07) is 53.9. The van der Waals surface area contributed by atoms with Gasteiger partial charge in [-0.15, -0.1) is 22.7 Å². The molecule has 0 radical (unpaired) electrons. The fourth-order valence-electron chi connectivity index (χ4n) is 7.45. The summed E-state index contributed by atoms with van der Waals surface area (Å²) < 4.78 is 5.40. The van der Waals surface area contributed by atoms with Crippen molar-refractivity contribution < 1.29 is 0 Å². The molecule has 10 rings (SSSR count). The van der Waals surface area contributed by atoms with Crippen molar-refractivity contribution in [1.29, 1.82) is 0 Å². The third-order valence-electron chi connectivity index (χ3n) is 9.23. The van der Waals surface area contributed by atoms with Gasteiger partial charge in [-0.05, 0) is 67.9 Å². The molecule has 0 aliphatic heterocycles. The molecular weight excluding hydrogens is 569 g/mol. The van der Waals surface area contributed by atoms with E-state index in [1.165, 1.54) is 94.9 Å². The summed E-state index contributed by atoms with van der Waals surface area (Å²) in [4.78, 5) is 0. The Morgan fingerprint density at radius 3 is 1.52 bits per heavy atom. The summed E-state index contributed by atoms with van der Waals surface area (Å²) >= 11 is 3.84. The number of fused-ring (bicyclic) bond motifs is 11. The van der Waals surface area contributed by atoms with Gasteiger partial charge in [0.2, 0.25) is 0 Å². The molecule has 0 aliphatic rings. The smallest absolute Gasteiger partial charge is 0.0440 e. The molecule has 2 heterocycles. The first kappa shape index (κ1) is 24.4. The highest BCUT2D eigenvalue weighted by Gasteiger charge is 2.22. The van der Waals surface area contributed by atoms with E-state index in [1.54, 1.807) is 0 Å². The van der Waals surface area contributed by atoms with Crippen LogP contribution in [-0.2, 0) is 0 Å². The quantitative estimate of drug-likeness (QED) is 0.175. The van der Waals surface area contributed by atoms with E-state index in [0.717, 1.165) is 0 Å². The lowest BCUT2D eigenvalue weighted by Gasteiger charge is -2.19. The Labute approximate surface area is 262 Å². The maximum Gasteiger partial charge on any atom is 0.0440 e. The van der Waals surface area contributed by atoms with Crippen LogP contribution < -0.4 is 0 Å². The van der Waals surface area contributed by atoms with Gasteiger partial charge in [-0.25, -0.2) is 0 Å². The van der Waals surface area contributed by atoms with Crippen LogP contribution in [0.15, 0.2) is 146 Å². The summed E-state index contributed by atoms with van der Waals surface area (Å²) in [5.41, 5.74) is 5.20. The molecule has 0 fully saturated rings. The maximum absolute atomic E-state index is 2.48. The minimum Gasteiger partial charge on any atom is -0.135 e. The fraction of sp³-hybridized carbons (Fsp3) is 0. The van der Waals surface area contributed by atoms with E-state index < -0.39 is 0 Å². The number of rotatable bonds is 2. The van der Waals surface area contributed by atoms with Gasteiger partial charge in [-0.3, -0.25) is 0 Å². The molecule has 8 aromatic carbocycles. The second kappa shape index (κ2) is 9.24. The monoisotopic (exact) mass is 592 g/mol. The molecule has 0 saturated heterocycles. The van der Waals surface area contributed by atoms with Gasteiger partial charge in [-0.2, -0.15) is 0 Å². The van der Waals surface area contributed by atoms with Crippen molar-refractivity contribution in [3.8, 4) is 22.3 Å². The van der Waals surface area contributed by atoms with E-state index >= 15 is 0 Å². The Morgan fingerprint density at radius 2 is 0.864 bits per heavy atom. The first-order chi connectivity index (χ1) is 21.8. The molecule has 0 unspecified atom stereocenters. The van der Waals surface area contributed by atoms with Gasteiger partial charge in [-0.1, -0.05) is 121 Å². The van der Waals surface area contributed by atoms with Crippen LogP contribution >= 0.6 is 22.7 Å². The molecule has 0 bridgehead atoms. The van der Waals surface area contributed by atoms with Crippen molar-refractivity contribution in [3.63, 3.8) is 0 Å². The van der Waals surface area contributed by atoms with E-state index in [1.807, 2.05) is 22.7 Å². The molecule has 0 saturated carbocycles.